The largest absolute Gasteiger partial charge is 0.491 e. The molecule has 0 saturated carbocycles. The number of aliphatic carboxylic acids is 1. The standard InChI is InChI=1S/C14H19NO5/c1-2-19-8-9-20-12-5-3-4-11(10-12)15-13(16)6-7-14(17)18/h3-5,10H,2,6-9H2,1H3,(H,15,16)(H,17,18). The van der Waals surface area contributed by atoms with Gasteiger partial charge in [0.25, 0.3) is 0 Å². The first kappa shape index (κ1) is 16.0. The Labute approximate surface area is 117 Å². The first-order chi connectivity index (χ1) is 9.61. The molecule has 1 aromatic carbocycles. The highest BCUT2D eigenvalue weighted by atomic mass is 16.5. The highest BCUT2D eigenvalue weighted by Gasteiger charge is 2.06. The first-order valence-electron chi connectivity index (χ1n) is 6.44. The fourth-order valence-electron chi connectivity index (χ4n) is 1.47. The van der Waals surface area contributed by atoms with E-state index in [1.54, 1.807) is 24.3 Å². The van der Waals surface area contributed by atoms with Gasteiger partial charge in [-0.3, -0.25) is 9.59 Å². The van der Waals surface area contributed by atoms with Crippen molar-refractivity contribution in [2.45, 2.75) is 19.8 Å². The van der Waals surface area contributed by atoms with Crippen LogP contribution in [-0.2, 0) is 14.3 Å². The maximum Gasteiger partial charge on any atom is 0.303 e. The molecule has 1 amide bonds. The highest BCUT2D eigenvalue weighted by molar-refractivity contribution is 5.92. The molecule has 0 atom stereocenters. The normalized spacial score (nSPS) is 10.1. The zero-order valence-electron chi connectivity index (χ0n) is 11.4. The lowest BCUT2D eigenvalue weighted by Crippen LogP contribution is -2.13. The average Bonchev–Trinajstić information content (AvgIpc) is 2.42. The lowest BCUT2D eigenvalue weighted by atomic mass is 10.2. The van der Waals surface area contributed by atoms with Crippen LogP contribution in [0, 0.1) is 0 Å². The van der Waals surface area contributed by atoms with Crippen LogP contribution in [0.5, 0.6) is 5.75 Å². The van der Waals surface area contributed by atoms with E-state index in [1.807, 2.05) is 6.92 Å². The summed E-state index contributed by atoms with van der Waals surface area (Å²) in [5, 5.41) is 11.1. The highest BCUT2D eigenvalue weighted by Crippen LogP contribution is 2.17. The van der Waals surface area contributed by atoms with Crippen LogP contribution in [0.2, 0.25) is 0 Å². The Kier molecular flexibility index (Phi) is 7.13. The summed E-state index contributed by atoms with van der Waals surface area (Å²) >= 11 is 0. The Bertz CT molecular complexity index is 447. The number of carboxylic acids is 1. The number of ether oxygens (including phenoxy) is 2. The van der Waals surface area contributed by atoms with Crippen LogP contribution in [0.25, 0.3) is 0 Å². The van der Waals surface area contributed by atoms with Crippen molar-refractivity contribution in [1.82, 2.24) is 0 Å². The molecule has 6 heteroatoms. The third-order valence-electron chi connectivity index (χ3n) is 2.38. The molecule has 20 heavy (non-hydrogen) atoms. The van der Waals surface area contributed by atoms with Crippen molar-refractivity contribution in [3.8, 4) is 5.75 Å². The number of anilines is 1. The fourth-order valence-corrected chi connectivity index (χ4v) is 1.47. The zero-order chi connectivity index (χ0) is 14.8. The van der Waals surface area contributed by atoms with Crippen molar-refractivity contribution in [1.29, 1.82) is 0 Å². The van der Waals surface area contributed by atoms with Gasteiger partial charge in [0, 0.05) is 24.8 Å². The van der Waals surface area contributed by atoms with E-state index in [9.17, 15) is 9.59 Å². The van der Waals surface area contributed by atoms with Crippen LogP contribution in [0.15, 0.2) is 24.3 Å². The summed E-state index contributed by atoms with van der Waals surface area (Å²) in [7, 11) is 0. The second-order valence-electron chi connectivity index (χ2n) is 4.02. The van der Waals surface area contributed by atoms with Crippen molar-refractivity contribution >= 4 is 17.6 Å². The van der Waals surface area contributed by atoms with Gasteiger partial charge in [0.15, 0.2) is 0 Å². The average molecular weight is 281 g/mol. The van der Waals surface area contributed by atoms with Crippen LogP contribution in [-0.4, -0.2) is 36.8 Å². The van der Waals surface area contributed by atoms with Gasteiger partial charge in [0.1, 0.15) is 12.4 Å². The lowest BCUT2D eigenvalue weighted by Gasteiger charge is -2.09. The van der Waals surface area contributed by atoms with Gasteiger partial charge in [0.2, 0.25) is 5.91 Å². The zero-order valence-corrected chi connectivity index (χ0v) is 11.4. The SMILES string of the molecule is CCOCCOc1cccc(NC(=O)CCC(=O)O)c1. The predicted octanol–water partition coefficient (Wildman–Crippen LogP) is 1.91. The molecule has 1 rings (SSSR count). The molecule has 0 fully saturated rings. The second kappa shape index (κ2) is 8.92. The summed E-state index contributed by atoms with van der Waals surface area (Å²) in [4.78, 5) is 21.9. The Balaban J connectivity index is 2.42. The molecule has 0 radical (unpaired) electrons. The van der Waals surface area contributed by atoms with E-state index in [0.717, 1.165) is 0 Å². The second-order valence-corrected chi connectivity index (χ2v) is 4.02. The van der Waals surface area contributed by atoms with Gasteiger partial charge < -0.3 is 19.9 Å². The maximum atomic E-state index is 11.5. The van der Waals surface area contributed by atoms with E-state index < -0.39 is 5.97 Å². The van der Waals surface area contributed by atoms with E-state index in [1.165, 1.54) is 0 Å². The van der Waals surface area contributed by atoms with Gasteiger partial charge in [-0.1, -0.05) is 6.07 Å². The lowest BCUT2D eigenvalue weighted by molar-refractivity contribution is -0.138. The summed E-state index contributed by atoms with van der Waals surface area (Å²) in [6.07, 6.45) is -0.235. The minimum Gasteiger partial charge on any atom is -0.491 e. The van der Waals surface area contributed by atoms with Crippen molar-refractivity contribution in [3.05, 3.63) is 24.3 Å². The van der Waals surface area contributed by atoms with E-state index in [0.29, 0.717) is 31.3 Å². The van der Waals surface area contributed by atoms with Gasteiger partial charge >= 0.3 is 5.97 Å². The molecule has 2 N–H and O–H groups in total. The minimum absolute atomic E-state index is 0.0508. The van der Waals surface area contributed by atoms with E-state index in [4.69, 9.17) is 14.6 Å². The van der Waals surface area contributed by atoms with Gasteiger partial charge in [-0.05, 0) is 19.1 Å². The predicted molar refractivity (Wildman–Crippen MR) is 73.9 cm³/mol. The number of hydrogen-bond donors (Lipinski definition) is 2. The van der Waals surface area contributed by atoms with Gasteiger partial charge in [-0.15, -0.1) is 0 Å². The summed E-state index contributed by atoms with van der Waals surface area (Å²) in [5.74, 6) is -0.701. The number of benzene rings is 1. The molecular formula is C14H19NO5. The molecule has 1 aromatic rings. The topological polar surface area (TPSA) is 84.9 Å². The molecule has 0 heterocycles. The fraction of sp³-hybridized carbons (Fsp3) is 0.429. The quantitative estimate of drug-likeness (QED) is 0.675. The third-order valence-corrected chi connectivity index (χ3v) is 2.38. The number of amides is 1. The molecule has 0 aliphatic rings. The van der Waals surface area contributed by atoms with Crippen LogP contribution >= 0.6 is 0 Å². The Morgan fingerprint density at radius 3 is 2.75 bits per heavy atom. The summed E-state index contributed by atoms with van der Waals surface area (Å²) in [6.45, 7) is 3.49. The van der Waals surface area contributed by atoms with Gasteiger partial charge in [-0.25, -0.2) is 0 Å². The van der Waals surface area contributed by atoms with Crippen LogP contribution < -0.4 is 10.1 Å². The summed E-state index contributed by atoms with van der Waals surface area (Å²) < 4.78 is 10.6. The molecule has 0 spiro atoms. The number of carbonyl (C=O) groups excluding carboxylic acids is 1. The Morgan fingerprint density at radius 2 is 2.05 bits per heavy atom. The number of carbonyl (C=O) groups is 2. The third kappa shape index (κ3) is 6.75. The van der Waals surface area contributed by atoms with E-state index >= 15 is 0 Å². The van der Waals surface area contributed by atoms with Crippen LogP contribution in [0.1, 0.15) is 19.8 Å². The van der Waals surface area contributed by atoms with Gasteiger partial charge in [-0.2, -0.15) is 0 Å². The molecule has 0 saturated heterocycles. The molecule has 0 aliphatic heterocycles. The molecule has 110 valence electrons. The molecule has 0 aliphatic carbocycles. The van der Waals surface area contributed by atoms with Crippen LogP contribution in [0.3, 0.4) is 0 Å². The van der Waals surface area contributed by atoms with Crippen molar-refractivity contribution in [2.24, 2.45) is 0 Å². The molecular weight excluding hydrogens is 262 g/mol. The summed E-state index contributed by atoms with van der Waals surface area (Å²) in [5.41, 5.74) is 0.578. The molecule has 0 bridgehead atoms. The summed E-state index contributed by atoms with van der Waals surface area (Å²) in [6, 6.07) is 6.93. The van der Waals surface area contributed by atoms with E-state index in [-0.39, 0.29) is 18.7 Å². The van der Waals surface area contributed by atoms with E-state index in [2.05, 4.69) is 5.32 Å². The molecule has 0 aromatic heterocycles. The number of hydrogen-bond acceptors (Lipinski definition) is 4. The molecule has 0 unspecified atom stereocenters. The minimum atomic E-state index is -0.992. The van der Waals surface area contributed by atoms with Crippen LogP contribution in [0.4, 0.5) is 5.69 Å². The Morgan fingerprint density at radius 1 is 1.25 bits per heavy atom. The molecule has 6 nitrogen and oxygen atoms in total. The number of rotatable bonds is 9. The first-order valence-corrected chi connectivity index (χ1v) is 6.44. The van der Waals surface area contributed by atoms with Gasteiger partial charge in [0.05, 0.1) is 13.0 Å². The Hall–Kier alpha value is -2.08. The van der Waals surface area contributed by atoms with Crippen molar-refractivity contribution in [3.63, 3.8) is 0 Å². The number of nitrogens with one attached hydrogen (secondary N) is 1. The van der Waals surface area contributed by atoms with Crippen molar-refractivity contribution in [2.75, 3.05) is 25.1 Å². The number of carboxylic acid groups (broad SMARTS) is 1. The maximum absolute atomic E-state index is 11.5. The van der Waals surface area contributed by atoms with Crippen molar-refractivity contribution < 1.29 is 24.2 Å². The monoisotopic (exact) mass is 281 g/mol. The smallest absolute Gasteiger partial charge is 0.303 e.